The van der Waals surface area contributed by atoms with Gasteiger partial charge in [-0.25, -0.2) is 0 Å². The van der Waals surface area contributed by atoms with Gasteiger partial charge in [0.15, 0.2) is 11.5 Å². The predicted molar refractivity (Wildman–Crippen MR) is 92.6 cm³/mol. The second-order valence-corrected chi connectivity index (χ2v) is 6.42. The molecule has 1 atom stereocenters. The Balaban J connectivity index is 1.91. The average molecular weight is 401 g/mol. The van der Waals surface area contributed by atoms with E-state index >= 15 is 0 Å². The normalized spacial score (nSPS) is 17.6. The average Bonchev–Trinajstić information content (AvgIpc) is 3.06. The summed E-state index contributed by atoms with van der Waals surface area (Å²) in [4.78, 5) is 0. The lowest BCUT2D eigenvalue weighted by Crippen LogP contribution is -2.21. The van der Waals surface area contributed by atoms with E-state index in [4.69, 9.17) is 24.7 Å². The minimum absolute atomic E-state index is 0.0887. The molecule has 4 rings (SSSR count). The third-order valence-corrected chi connectivity index (χ3v) is 4.84. The molecule has 2 aromatic carbocycles. The summed E-state index contributed by atoms with van der Waals surface area (Å²) >= 11 is 3.49. The van der Waals surface area contributed by atoms with Gasteiger partial charge in [-0.1, -0.05) is 6.07 Å². The molecule has 2 aliphatic rings. The van der Waals surface area contributed by atoms with Crippen molar-refractivity contribution < 1.29 is 18.9 Å². The number of rotatable bonds is 2. The van der Waals surface area contributed by atoms with Crippen molar-refractivity contribution in [3.63, 3.8) is 0 Å². The van der Waals surface area contributed by atoms with E-state index in [1.807, 2.05) is 24.3 Å². The second kappa shape index (κ2) is 5.90. The highest BCUT2D eigenvalue weighted by molar-refractivity contribution is 9.10. The molecule has 0 aliphatic carbocycles. The Morgan fingerprint density at radius 3 is 2.64 bits per heavy atom. The molecule has 0 radical (unpaired) electrons. The number of nitriles is 1. The Morgan fingerprint density at radius 2 is 1.96 bits per heavy atom. The van der Waals surface area contributed by atoms with Crippen molar-refractivity contribution in [3.8, 4) is 29.1 Å². The fourth-order valence-corrected chi connectivity index (χ4v) is 3.61. The fourth-order valence-electron chi connectivity index (χ4n) is 3.05. The molecule has 2 heterocycles. The molecule has 2 aromatic rings. The van der Waals surface area contributed by atoms with Crippen LogP contribution in [0.25, 0.3) is 0 Å². The predicted octanol–water partition coefficient (Wildman–Crippen LogP) is 3.40. The lowest BCUT2D eigenvalue weighted by Gasteiger charge is -2.27. The second-order valence-electron chi connectivity index (χ2n) is 5.56. The van der Waals surface area contributed by atoms with Crippen molar-refractivity contribution in [2.45, 2.75) is 5.92 Å². The van der Waals surface area contributed by atoms with E-state index < -0.39 is 0 Å². The largest absolute Gasteiger partial charge is 0.496 e. The van der Waals surface area contributed by atoms with Crippen LogP contribution in [0.5, 0.6) is 23.0 Å². The van der Waals surface area contributed by atoms with E-state index in [2.05, 4.69) is 22.0 Å². The lowest BCUT2D eigenvalue weighted by molar-refractivity contribution is 0.174. The van der Waals surface area contributed by atoms with Gasteiger partial charge in [-0.15, -0.1) is 0 Å². The molecule has 2 aliphatic heterocycles. The van der Waals surface area contributed by atoms with Gasteiger partial charge in [0.2, 0.25) is 12.7 Å². The Labute approximate surface area is 152 Å². The Kier molecular flexibility index (Phi) is 3.70. The summed E-state index contributed by atoms with van der Waals surface area (Å²) in [6, 6.07) is 11.4. The summed E-state index contributed by atoms with van der Waals surface area (Å²) in [5, 5.41) is 9.62. The molecule has 25 heavy (non-hydrogen) atoms. The first kappa shape index (κ1) is 15.7. The molecule has 0 aromatic heterocycles. The van der Waals surface area contributed by atoms with Gasteiger partial charge < -0.3 is 24.7 Å². The smallest absolute Gasteiger partial charge is 0.231 e. The number of allylic oxidation sites excluding steroid dienone is 1. The first-order valence-electron chi connectivity index (χ1n) is 7.47. The van der Waals surface area contributed by atoms with E-state index in [9.17, 15) is 5.26 Å². The molecule has 0 bridgehead atoms. The topological polar surface area (TPSA) is 86.7 Å². The van der Waals surface area contributed by atoms with Crippen LogP contribution >= 0.6 is 15.9 Å². The molecule has 126 valence electrons. The molecule has 0 unspecified atom stereocenters. The number of ether oxygens (including phenoxy) is 4. The summed E-state index contributed by atoms with van der Waals surface area (Å²) < 4.78 is 22.6. The zero-order valence-electron chi connectivity index (χ0n) is 13.2. The first-order chi connectivity index (χ1) is 12.1. The van der Waals surface area contributed by atoms with Crippen LogP contribution < -0.4 is 24.7 Å². The van der Waals surface area contributed by atoms with Gasteiger partial charge in [0, 0.05) is 11.6 Å². The van der Waals surface area contributed by atoms with Gasteiger partial charge in [0.25, 0.3) is 0 Å². The summed E-state index contributed by atoms with van der Waals surface area (Å²) in [6.45, 7) is 0.158. The zero-order valence-corrected chi connectivity index (χ0v) is 14.8. The highest BCUT2D eigenvalue weighted by Crippen LogP contribution is 2.48. The van der Waals surface area contributed by atoms with Gasteiger partial charge in [0.1, 0.15) is 23.1 Å². The number of methoxy groups -OCH3 is 1. The van der Waals surface area contributed by atoms with E-state index in [0.29, 0.717) is 28.6 Å². The van der Waals surface area contributed by atoms with Gasteiger partial charge in [-0.3, -0.25) is 0 Å². The van der Waals surface area contributed by atoms with Crippen LogP contribution in [0.1, 0.15) is 17.0 Å². The van der Waals surface area contributed by atoms with Crippen LogP contribution in [0, 0.1) is 11.3 Å². The highest BCUT2D eigenvalue weighted by Gasteiger charge is 2.33. The van der Waals surface area contributed by atoms with Crippen molar-refractivity contribution in [1.82, 2.24) is 0 Å². The van der Waals surface area contributed by atoms with Crippen molar-refractivity contribution in [2.75, 3.05) is 13.9 Å². The Hall–Kier alpha value is -2.85. The summed E-state index contributed by atoms with van der Waals surface area (Å²) in [5.41, 5.74) is 8.03. The Morgan fingerprint density at radius 1 is 1.20 bits per heavy atom. The van der Waals surface area contributed by atoms with E-state index in [1.165, 1.54) is 0 Å². The zero-order chi connectivity index (χ0) is 17.6. The molecular weight excluding hydrogens is 388 g/mol. The van der Waals surface area contributed by atoms with Gasteiger partial charge in [-0.05, 0) is 39.7 Å². The summed E-state index contributed by atoms with van der Waals surface area (Å²) in [5.74, 6) is 2.20. The standard InChI is InChI=1S/C18H13BrN2O4/c1-22-13-3-2-9(4-12(13)19)17-10-5-15-16(24-8-23-15)6-14(10)25-18(21)11(17)7-20/h2-6,17H,8,21H2,1H3/t17-/m0/s1. The highest BCUT2D eigenvalue weighted by atomic mass is 79.9. The summed E-state index contributed by atoms with van der Waals surface area (Å²) in [6.07, 6.45) is 0. The number of benzene rings is 2. The molecule has 0 fully saturated rings. The third kappa shape index (κ3) is 2.46. The molecule has 2 N–H and O–H groups in total. The molecule has 0 saturated heterocycles. The minimum Gasteiger partial charge on any atom is -0.496 e. The first-order valence-corrected chi connectivity index (χ1v) is 8.26. The van der Waals surface area contributed by atoms with Gasteiger partial charge in [-0.2, -0.15) is 5.26 Å². The number of hydrogen-bond donors (Lipinski definition) is 1. The lowest BCUT2D eigenvalue weighted by atomic mass is 9.83. The third-order valence-electron chi connectivity index (χ3n) is 4.22. The fraction of sp³-hybridized carbons (Fsp3) is 0.167. The number of hydrogen-bond acceptors (Lipinski definition) is 6. The number of nitrogens with zero attached hydrogens (tertiary/aromatic N) is 1. The number of fused-ring (bicyclic) bond motifs is 2. The maximum absolute atomic E-state index is 9.62. The van der Waals surface area contributed by atoms with Crippen molar-refractivity contribution >= 4 is 15.9 Å². The number of nitrogens with two attached hydrogens (primary N) is 1. The van der Waals surface area contributed by atoms with Gasteiger partial charge >= 0.3 is 0 Å². The summed E-state index contributed by atoms with van der Waals surface area (Å²) in [7, 11) is 1.60. The van der Waals surface area contributed by atoms with E-state index in [-0.39, 0.29) is 18.6 Å². The molecule has 6 nitrogen and oxygen atoms in total. The van der Waals surface area contributed by atoms with Crippen LogP contribution in [0.15, 0.2) is 46.3 Å². The maximum Gasteiger partial charge on any atom is 0.231 e. The van der Waals surface area contributed by atoms with Crippen LogP contribution in [0.4, 0.5) is 0 Å². The molecule has 0 saturated carbocycles. The van der Waals surface area contributed by atoms with Crippen molar-refractivity contribution in [1.29, 1.82) is 5.26 Å². The molecule has 0 amide bonds. The van der Waals surface area contributed by atoms with Crippen LogP contribution in [-0.4, -0.2) is 13.9 Å². The Bertz CT molecular complexity index is 949. The maximum atomic E-state index is 9.62. The van der Waals surface area contributed by atoms with Crippen LogP contribution in [0.3, 0.4) is 0 Å². The quantitative estimate of drug-likeness (QED) is 0.830. The molecule has 0 spiro atoms. The molecule has 7 heteroatoms. The van der Waals surface area contributed by atoms with Crippen molar-refractivity contribution in [2.24, 2.45) is 5.73 Å². The number of halogens is 1. The monoisotopic (exact) mass is 400 g/mol. The minimum atomic E-state index is -0.370. The van der Waals surface area contributed by atoms with Crippen molar-refractivity contribution in [3.05, 3.63) is 57.4 Å². The van der Waals surface area contributed by atoms with Gasteiger partial charge in [0.05, 0.1) is 17.5 Å². The SMILES string of the molecule is COc1ccc([C@@H]2C(C#N)=C(N)Oc3cc4c(cc32)OCO4)cc1Br. The van der Waals surface area contributed by atoms with Crippen LogP contribution in [-0.2, 0) is 0 Å². The van der Waals surface area contributed by atoms with Crippen LogP contribution in [0.2, 0.25) is 0 Å². The van der Waals surface area contributed by atoms with E-state index in [1.54, 1.807) is 13.2 Å². The van der Waals surface area contributed by atoms with E-state index in [0.717, 1.165) is 15.6 Å². The molecular formula is C18H13BrN2O4.